The molecule has 0 amide bonds. The molecule has 1 aliphatic rings. The third kappa shape index (κ3) is 4.93. The Morgan fingerprint density at radius 2 is 1.88 bits per heavy atom. The number of hydrogen-bond donors (Lipinski definition) is 1. The lowest BCUT2D eigenvalue weighted by molar-refractivity contribution is 0.188. The van der Waals surface area contributed by atoms with E-state index in [9.17, 15) is 0 Å². The molecule has 2 N–H and O–H groups in total. The van der Waals surface area contributed by atoms with Crippen molar-refractivity contribution in [3.63, 3.8) is 0 Å². The summed E-state index contributed by atoms with van der Waals surface area (Å²) in [6, 6.07) is 0. The van der Waals surface area contributed by atoms with Crippen LogP contribution >= 0.6 is 11.8 Å². The van der Waals surface area contributed by atoms with Crippen LogP contribution in [-0.4, -0.2) is 25.5 Å². The molecule has 1 rings (SSSR count). The molecule has 4 heteroatoms. The van der Waals surface area contributed by atoms with Crippen LogP contribution in [0.4, 0.5) is 0 Å². The van der Waals surface area contributed by atoms with Gasteiger partial charge in [0.2, 0.25) is 0 Å². The summed E-state index contributed by atoms with van der Waals surface area (Å²) in [5, 5.41) is 0.649. The van der Waals surface area contributed by atoms with E-state index in [1.165, 1.54) is 18.6 Å². The highest BCUT2D eigenvalue weighted by molar-refractivity contribution is 7.99. The molecule has 0 saturated heterocycles. The lowest BCUT2D eigenvalue weighted by atomic mass is 10.2. The predicted molar refractivity (Wildman–Crippen MR) is 80.9 cm³/mol. The largest absolute Gasteiger partial charge is 0.401 e. The Morgan fingerprint density at radius 3 is 2.29 bits per heavy atom. The van der Waals surface area contributed by atoms with Crippen LogP contribution in [0.5, 0.6) is 0 Å². The van der Waals surface area contributed by atoms with Gasteiger partial charge in [-0.15, -0.1) is 0 Å². The molecule has 2 atom stereocenters. The second kappa shape index (κ2) is 5.64. The summed E-state index contributed by atoms with van der Waals surface area (Å²) >= 11 is 1.98. The van der Waals surface area contributed by atoms with Gasteiger partial charge in [0.05, 0.1) is 0 Å². The Kier molecular flexibility index (Phi) is 5.15. The van der Waals surface area contributed by atoms with E-state index in [0.29, 0.717) is 5.25 Å². The van der Waals surface area contributed by atoms with Gasteiger partial charge in [-0.2, -0.15) is 11.8 Å². The Hall–Kier alpha value is 0.487. The van der Waals surface area contributed by atoms with Crippen LogP contribution in [-0.2, 0) is 4.43 Å². The van der Waals surface area contributed by atoms with Crippen LogP contribution in [0.25, 0.3) is 0 Å². The summed E-state index contributed by atoms with van der Waals surface area (Å²) in [5.41, 5.74) is 6.20. The maximum atomic E-state index is 6.21. The van der Waals surface area contributed by atoms with Gasteiger partial charge in [0.15, 0.2) is 8.32 Å². The number of nitrogens with two attached hydrogens (primary N) is 1. The molecule has 1 saturated carbocycles. The highest BCUT2D eigenvalue weighted by Crippen LogP contribution is 2.38. The van der Waals surface area contributed by atoms with E-state index < -0.39 is 8.32 Å². The number of rotatable bonds is 6. The second-order valence-corrected chi connectivity index (χ2v) is 13.0. The van der Waals surface area contributed by atoms with Crippen LogP contribution < -0.4 is 5.73 Å². The van der Waals surface area contributed by atoms with Gasteiger partial charge in [-0.1, -0.05) is 20.8 Å². The first kappa shape index (κ1) is 15.5. The van der Waals surface area contributed by atoms with Gasteiger partial charge in [-0.3, -0.25) is 0 Å². The molecule has 0 bridgehead atoms. The Morgan fingerprint density at radius 1 is 1.35 bits per heavy atom. The molecule has 0 aromatic carbocycles. The van der Waals surface area contributed by atoms with Crippen molar-refractivity contribution >= 4 is 20.1 Å². The summed E-state index contributed by atoms with van der Waals surface area (Å²) < 4.78 is 6.21. The summed E-state index contributed by atoms with van der Waals surface area (Å²) in [7, 11) is -1.71. The zero-order valence-corrected chi connectivity index (χ0v) is 14.1. The third-order valence-corrected chi connectivity index (χ3v) is 9.92. The van der Waals surface area contributed by atoms with Crippen molar-refractivity contribution in [1.29, 1.82) is 0 Å². The minimum atomic E-state index is -1.71. The normalized spacial score (nSPS) is 21.4. The third-order valence-electron chi connectivity index (χ3n) is 3.99. The summed E-state index contributed by atoms with van der Waals surface area (Å²) in [6.45, 7) is 13.5. The number of thioether (sulfide) groups is 1. The van der Waals surface area contributed by atoms with Crippen molar-refractivity contribution in [3.05, 3.63) is 0 Å². The van der Waals surface area contributed by atoms with Crippen molar-refractivity contribution in [3.8, 4) is 0 Å². The topological polar surface area (TPSA) is 35.2 Å². The maximum Gasteiger partial charge on any atom is 0.194 e. The van der Waals surface area contributed by atoms with Gasteiger partial charge >= 0.3 is 0 Å². The Bertz CT molecular complexity index is 248. The molecule has 2 nitrogen and oxygen atoms in total. The monoisotopic (exact) mass is 275 g/mol. The minimum absolute atomic E-state index is 0.111. The van der Waals surface area contributed by atoms with Crippen molar-refractivity contribution in [2.24, 2.45) is 11.7 Å². The van der Waals surface area contributed by atoms with E-state index in [0.717, 1.165) is 5.92 Å². The molecule has 102 valence electrons. The van der Waals surface area contributed by atoms with E-state index in [4.69, 9.17) is 10.2 Å². The first-order valence-corrected chi connectivity index (χ1v) is 10.6. The molecule has 1 fully saturated rings. The maximum absolute atomic E-state index is 6.21. The molecule has 2 unspecified atom stereocenters. The van der Waals surface area contributed by atoms with Crippen LogP contribution in [0, 0.1) is 5.92 Å². The lowest BCUT2D eigenvalue weighted by Gasteiger charge is -2.39. The van der Waals surface area contributed by atoms with E-state index in [1.807, 2.05) is 11.8 Å². The SMILES string of the molecule is CC(SCC1CC1)C(N)O[Si](C)(C)C(C)(C)C. The summed E-state index contributed by atoms with van der Waals surface area (Å²) in [6.07, 6.45) is 2.72. The molecular weight excluding hydrogens is 246 g/mol. The first-order valence-electron chi connectivity index (χ1n) is 6.68. The van der Waals surface area contributed by atoms with Gasteiger partial charge in [0.1, 0.15) is 6.23 Å². The fraction of sp³-hybridized carbons (Fsp3) is 1.00. The zero-order chi connectivity index (χ0) is 13.3. The van der Waals surface area contributed by atoms with E-state index in [-0.39, 0.29) is 11.3 Å². The van der Waals surface area contributed by atoms with E-state index >= 15 is 0 Å². The van der Waals surface area contributed by atoms with Crippen LogP contribution in [0.1, 0.15) is 40.5 Å². The quantitative estimate of drug-likeness (QED) is 0.591. The fourth-order valence-electron chi connectivity index (χ4n) is 1.28. The average Bonchev–Trinajstić information content (AvgIpc) is 2.94. The zero-order valence-electron chi connectivity index (χ0n) is 12.2. The highest BCUT2D eigenvalue weighted by atomic mass is 32.2. The fourth-order valence-corrected chi connectivity index (χ4v) is 3.77. The van der Waals surface area contributed by atoms with E-state index in [2.05, 4.69) is 40.8 Å². The van der Waals surface area contributed by atoms with Crippen LogP contribution in [0.3, 0.4) is 0 Å². The van der Waals surface area contributed by atoms with Crippen molar-refractivity contribution in [2.45, 2.75) is 70.1 Å². The second-order valence-electron chi connectivity index (χ2n) is 6.82. The highest BCUT2D eigenvalue weighted by Gasteiger charge is 2.39. The van der Waals surface area contributed by atoms with Crippen molar-refractivity contribution < 1.29 is 4.43 Å². The Balaban J connectivity index is 2.37. The van der Waals surface area contributed by atoms with Gasteiger partial charge in [0.25, 0.3) is 0 Å². The molecule has 0 aromatic rings. The first-order chi connectivity index (χ1) is 7.63. The molecule has 0 radical (unpaired) electrons. The lowest BCUT2D eigenvalue weighted by Crippen LogP contribution is -2.49. The van der Waals surface area contributed by atoms with E-state index in [1.54, 1.807) is 0 Å². The van der Waals surface area contributed by atoms with Gasteiger partial charge < -0.3 is 10.2 Å². The van der Waals surface area contributed by atoms with Gasteiger partial charge in [0, 0.05) is 5.25 Å². The minimum Gasteiger partial charge on any atom is -0.401 e. The predicted octanol–water partition coefficient (Wildman–Crippen LogP) is 3.82. The molecule has 17 heavy (non-hydrogen) atoms. The van der Waals surface area contributed by atoms with Gasteiger partial charge in [-0.25, -0.2) is 0 Å². The van der Waals surface area contributed by atoms with Crippen LogP contribution in [0.15, 0.2) is 0 Å². The molecule has 0 aliphatic heterocycles. The van der Waals surface area contributed by atoms with Crippen molar-refractivity contribution in [1.82, 2.24) is 0 Å². The number of hydrogen-bond acceptors (Lipinski definition) is 3. The molecule has 0 aromatic heterocycles. The summed E-state index contributed by atoms with van der Waals surface area (Å²) in [5.74, 6) is 2.22. The van der Waals surface area contributed by atoms with Crippen molar-refractivity contribution in [2.75, 3.05) is 5.75 Å². The average molecular weight is 276 g/mol. The molecular formula is C13H29NOSSi. The summed E-state index contributed by atoms with van der Waals surface area (Å²) in [4.78, 5) is 0. The van der Waals surface area contributed by atoms with Crippen LogP contribution in [0.2, 0.25) is 18.1 Å². The van der Waals surface area contributed by atoms with Gasteiger partial charge in [-0.05, 0) is 49.6 Å². The molecule has 1 aliphatic carbocycles. The standard InChI is InChI=1S/C13H29NOSSi/c1-10(16-9-11-7-8-11)12(14)15-17(5,6)13(2,3)4/h10-12H,7-9,14H2,1-6H3. The molecule has 0 heterocycles. The molecule has 0 spiro atoms. The Labute approximate surface area is 112 Å². The smallest absolute Gasteiger partial charge is 0.194 e.